The van der Waals surface area contributed by atoms with Gasteiger partial charge in [0, 0.05) is 11.5 Å². The van der Waals surface area contributed by atoms with E-state index in [1.807, 2.05) is 6.08 Å². The van der Waals surface area contributed by atoms with Crippen molar-refractivity contribution in [2.24, 2.45) is 5.92 Å². The first-order chi connectivity index (χ1) is 11.7. The van der Waals surface area contributed by atoms with Crippen LogP contribution in [0.5, 0.6) is 0 Å². The average molecular weight is 419 g/mol. The topological polar surface area (TPSA) is 76.0 Å². The molecule has 1 rings (SSSR count). The summed E-state index contributed by atoms with van der Waals surface area (Å²) in [5.74, 6) is -1.15. The number of allylic oxidation sites excluding steroid dienone is 1. The molecule has 1 fully saturated rings. The number of carboxylic acids is 1. The quantitative estimate of drug-likeness (QED) is 0.419. The van der Waals surface area contributed by atoms with E-state index < -0.39 is 37.3 Å². The first kappa shape index (κ1) is 23.8. The van der Waals surface area contributed by atoms with Gasteiger partial charge in [0.15, 0.2) is 16.6 Å². The predicted octanol–water partition coefficient (Wildman–Crippen LogP) is 4.71. The molecular formula is C18H38O5Si3. The summed E-state index contributed by atoms with van der Waals surface area (Å²) < 4.78 is 12.9. The minimum Gasteiger partial charge on any atom is -0.478 e. The second kappa shape index (κ2) is 9.29. The van der Waals surface area contributed by atoms with Crippen molar-refractivity contribution in [1.82, 2.24) is 0 Å². The molecule has 0 heterocycles. The molecule has 0 spiro atoms. The Morgan fingerprint density at radius 3 is 1.92 bits per heavy atom. The Morgan fingerprint density at radius 1 is 1.00 bits per heavy atom. The molecule has 2 unspecified atom stereocenters. The predicted molar refractivity (Wildman–Crippen MR) is 114 cm³/mol. The molecule has 0 aliphatic heterocycles. The van der Waals surface area contributed by atoms with Gasteiger partial charge in [0.05, 0.1) is 6.10 Å². The third-order valence-corrected chi connectivity index (χ3v) is 13.9. The van der Waals surface area contributed by atoms with Crippen molar-refractivity contribution in [3.63, 3.8) is 0 Å². The van der Waals surface area contributed by atoms with E-state index in [-0.39, 0.29) is 5.92 Å². The number of hydrogen-bond donors (Lipinski definition) is 2. The van der Waals surface area contributed by atoms with Crippen LogP contribution in [0.3, 0.4) is 0 Å². The van der Waals surface area contributed by atoms with E-state index in [0.717, 1.165) is 25.3 Å². The molecule has 0 aromatic heterocycles. The lowest BCUT2D eigenvalue weighted by molar-refractivity contribution is -0.134. The highest BCUT2D eigenvalue weighted by molar-refractivity contribution is 6.87. The zero-order valence-electron chi connectivity index (χ0n) is 17.6. The number of aliphatic hydroxyl groups excluding tert-OH is 1. The van der Waals surface area contributed by atoms with Crippen LogP contribution in [0.25, 0.3) is 0 Å². The number of aliphatic carboxylic acids is 1. The molecular weight excluding hydrogens is 380 g/mol. The number of aliphatic hydroxyl groups is 1. The van der Waals surface area contributed by atoms with E-state index in [1.165, 1.54) is 0 Å². The molecule has 0 bridgehead atoms. The molecule has 8 heteroatoms. The van der Waals surface area contributed by atoms with Crippen LogP contribution in [0.1, 0.15) is 32.1 Å². The molecule has 1 aliphatic carbocycles. The zero-order chi connectivity index (χ0) is 20.2. The summed E-state index contributed by atoms with van der Waals surface area (Å²) >= 11 is 0. The van der Waals surface area contributed by atoms with Gasteiger partial charge in [-0.05, 0) is 71.1 Å². The van der Waals surface area contributed by atoms with Crippen molar-refractivity contribution in [3.8, 4) is 0 Å². The van der Waals surface area contributed by atoms with Crippen LogP contribution in [-0.2, 0) is 13.0 Å². The van der Waals surface area contributed by atoms with Crippen LogP contribution >= 0.6 is 0 Å². The summed E-state index contributed by atoms with van der Waals surface area (Å²) in [6, 6.07) is 0.751. The fraction of sp³-hybridized carbons (Fsp3) is 0.833. The average Bonchev–Trinajstić information content (AvgIpc) is 2.40. The van der Waals surface area contributed by atoms with Crippen molar-refractivity contribution in [2.75, 3.05) is 0 Å². The van der Waals surface area contributed by atoms with Crippen LogP contribution in [0, 0.1) is 5.92 Å². The fourth-order valence-corrected chi connectivity index (χ4v) is 16.2. The normalized spacial score (nSPS) is 23.2. The van der Waals surface area contributed by atoms with Gasteiger partial charge in [0.1, 0.15) is 0 Å². The zero-order valence-corrected chi connectivity index (χ0v) is 20.6. The summed E-state index contributed by atoms with van der Waals surface area (Å²) in [5.41, 5.74) is 0.370. The highest BCUT2D eigenvalue weighted by atomic mass is 28.5. The SMILES string of the molecule is C[Si](C)(C)O[Si](C)(CCC=C(C(=O)O)C1CCCCC1O)O[Si](C)(C)C. The minimum absolute atomic E-state index is 0.245. The van der Waals surface area contributed by atoms with Crippen molar-refractivity contribution in [1.29, 1.82) is 0 Å². The Bertz CT molecular complexity index is 492. The smallest absolute Gasteiger partial charge is 0.331 e. The second-order valence-corrected chi connectivity index (χ2v) is 22.4. The summed E-state index contributed by atoms with van der Waals surface area (Å²) in [6.07, 6.45) is 5.31. The van der Waals surface area contributed by atoms with Gasteiger partial charge in [-0.25, -0.2) is 4.79 Å². The summed E-state index contributed by atoms with van der Waals surface area (Å²) in [7, 11) is -5.87. The lowest BCUT2D eigenvalue weighted by Gasteiger charge is -2.38. The monoisotopic (exact) mass is 418 g/mol. The van der Waals surface area contributed by atoms with Crippen LogP contribution in [-0.4, -0.2) is 47.5 Å². The molecule has 2 N–H and O–H groups in total. The molecule has 1 saturated carbocycles. The number of carboxylic acid groups (broad SMARTS) is 1. The summed E-state index contributed by atoms with van der Waals surface area (Å²) in [5, 5.41) is 19.8. The van der Waals surface area contributed by atoms with E-state index in [4.69, 9.17) is 8.23 Å². The molecule has 0 amide bonds. The van der Waals surface area contributed by atoms with Gasteiger partial charge >= 0.3 is 14.5 Å². The Morgan fingerprint density at radius 2 is 1.50 bits per heavy atom. The van der Waals surface area contributed by atoms with Crippen LogP contribution in [0.4, 0.5) is 0 Å². The van der Waals surface area contributed by atoms with Crippen LogP contribution in [0.2, 0.25) is 51.9 Å². The Kier molecular flexibility index (Phi) is 8.50. The molecule has 0 saturated heterocycles. The molecule has 0 aromatic rings. The molecule has 26 heavy (non-hydrogen) atoms. The third-order valence-electron chi connectivity index (χ3n) is 4.38. The summed E-state index contributed by atoms with van der Waals surface area (Å²) in [6.45, 7) is 15.1. The summed E-state index contributed by atoms with van der Waals surface area (Å²) in [4.78, 5) is 11.7. The molecule has 0 radical (unpaired) electrons. The first-order valence-corrected chi connectivity index (χ1v) is 19.1. The lowest BCUT2D eigenvalue weighted by atomic mass is 9.81. The van der Waals surface area contributed by atoms with Crippen molar-refractivity contribution in [3.05, 3.63) is 11.6 Å². The van der Waals surface area contributed by atoms with Gasteiger partial charge in [-0.1, -0.05) is 18.9 Å². The van der Waals surface area contributed by atoms with Crippen LogP contribution < -0.4 is 0 Å². The Hall–Kier alpha value is -0.259. The molecule has 5 nitrogen and oxygen atoms in total. The van der Waals surface area contributed by atoms with Gasteiger partial charge in [-0.2, -0.15) is 0 Å². The van der Waals surface area contributed by atoms with E-state index in [2.05, 4.69) is 45.8 Å². The Balaban J connectivity index is 2.90. The minimum atomic E-state index is -2.36. The van der Waals surface area contributed by atoms with Gasteiger partial charge < -0.3 is 18.4 Å². The van der Waals surface area contributed by atoms with E-state index in [9.17, 15) is 15.0 Å². The maximum absolute atomic E-state index is 11.7. The molecule has 152 valence electrons. The maximum Gasteiger partial charge on any atom is 0.331 e. The molecule has 0 aromatic carbocycles. The van der Waals surface area contributed by atoms with E-state index in [1.54, 1.807) is 0 Å². The third kappa shape index (κ3) is 8.62. The molecule has 2 atom stereocenters. The first-order valence-electron chi connectivity index (χ1n) is 9.74. The van der Waals surface area contributed by atoms with Gasteiger partial charge in [-0.3, -0.25) is 0 Å². The van der Waals surface area contributed by atoms with Crippen molar-refractivity contribution >= 4 is 31.2 Å². The van der Waals surface area contributed by atoms with Crippen molar-refractivity contribution in [2.45, 2.75) is 90.1 Å². The number of rotatable bonds is 9. The van der Waals surface area contributed by atoms with E-state index in [0.29, 0.717) is 18.4 Å². The lowest BCUT2D eigenvalue weighted by Crippen LogP contribution is -2.52. The van der Waals surface area contributed by atoms with Crippen LogP contribution in [0.15, 0.2) is 11.6 Å². The highest BCUT2D eigenvalue weighted by Crippen LogP contribution is 2.32. The van der Waals surface area contributed by atoms with Gasteiger partial charge in [-0.15, -0.1) is 0 Å². The maximum atomic E-state index is 11.7. The second-order valence-electron chi connectivity index (χ2n) is 9.52. The Labute approximate surface area is 162 Å². The number of carbonyl (C=O) groups is 1. The van der Waals surface area contributed by atoms with E-state index >= 15 is 0 Å². The number of hydrogen-bond acceptors (Lipinski definition) is 4. The standard InChI is InChI=1S/C18H38O5Si3/c1-24(2,3)22-26(7,23-25(4,5)6)14-10-12-16(18(20)21)15-11-8-9-13-17(15)19/h12,15,17,19H,8-11,13-14H2,1-7H3,(H,20,21). The largest absolute Gasteiger partial charge is 0.478 e. The fourth-order valence-electron chi connectivity index (χ4n) is 3.78. The molecule has 1 aliphatic rings. The highest BCUT2D eigenvalue weighted by Gasteiger charge is 2.40. The van der Waals surface area contributed by atoms with Gasteiger partial charge in [0.25, 0.3) is 0 Å². The van der Waals surface area contributed by atoms with Crippen molar-refractivity contribution < 1.29 is 23.2 Å². The van der Waals surface area contributed by atoms with Gasteiger partial charge in [0.2, 0.25) is 0 Å².